The van der Waals surface area contributed by atoms with Gasteiger partial charge in [-0.3, -0.25) is 0 Å². The second-order valence-corrected chi connectivity index (χ2v) is 5.89. The predicted molar refractivity (Wildman–Crippen MR) is 99.0 cm³/mol. The van der Waals surface area contributed by atoms with Gasteiger partial charge in [-0.2, -0.15) is 0 Å². The van der Waals surface area contributed by atoms with Crippen LogP contribution in [-0.4, -0.2) is 9.97 Å². The Morgan fingerprint density at radius 3 is 2.16 bits per heavy atom. The van der Waals surface area contributed by atoms with Crippen LogP contribution >= 0.6 is 0 Å². The summed E-state index contributed by atoms with van der Waals surface area (Å²) in [4.78, 5) is 8.68. The van der Waals surface area contributed by atoms with E-state index in [4.69, 9.17) is 4.42 Å². The van der Waals surface area contributed by atoms with Crippen LogP contribution in [0.1, 0.15) is 0 Å². The minimum absolute atomic E-state index is 0.715. The Morgan fingerprint density at radius 1 is 0.720 bits per heavy atom. The monoisotopic (exact) mass is 321 g/mol. The molecule has 3 aromatic carbocycles. The molecule has 0 spiro atoms. The van der Waals surface area contributed by atoms with Crippen LogP contribution < -0.4 is 0 Å². The van der Waals surface area contributed by atoms with Gasteiger partial charge in [0.2, 0.25) is 0 Å². The van der Waals surface area contributed by atoms with Gasteiger partial charge >= 0.3 is 0 Å². The highest BCUT2D eigenvalue weighted by molar-refractivity contribution is 6.07. The van der Waals surface area contributed by atoms with Gasteiger partial charge in [0.1, 0.15) is 11.2 Å². The second kappa shape index (κ2) is 5.56. The summed E-state index contributed by atoms with van der Waals surface area (Å²) in [5.74, 6) is 0.715. The summed E-state index contributed by atoms with van der Waals surface area (Å²) in [6.45, 7) is 0. The molecule has 0 aliphatic heterocycles. The maximum absolute atomic E-state index is 5.99. The summed E-state index contributed by atoms with van der Waals surface area (Å²) in [5.41, 5.74) is 5.01. The SMILES string of the molecule is [c]1cccc(-c2ccc3oc4ccc(-c5ncccn5)cc4c3c2)c1. The number of aromatic nitrogens is 2. The standard InChI is InChI=1S/C22H13N2O/c1-2-5-15(6-3-1)16-7-9-20-18(13-16)19-14-17(8-10-21(19)25-20)22-23-11-4-12-24-22/h1-2,4-14H. The molecule has 0 aliphatic carbocycles. The number of hydrogen-bond acceptors (Lipinski definition) is 3. The normalized spacial score (nSPS) is 11.2. The maximum Gasteiger partial charge on any atom is 0.159 e. The van der Waals surface area contributed by atoms with Crippen molar-refractivity contribution in [2.75, 3.05) is 0 Å². The largest absolute Gasteiger partial charge is 0.456 e. The summed E-state index contributed by atoms with van der Waals surface area (Å²) in [5, 5.41) is 2.16. The van der Waals surface area contributed by atoms with Crippen molar-refractivity contribution in [3.05, 3.63) is 85.2 Å². The molecular formula is C22H13N2O. The lowest BCUT2D eigenvalue weighted by atomic mass is 10.0. The average molecular weight is 321 g/mol. The molecule has 0 amide bonds. The molecule has 25 heavy (non-hydrogen) atoms. The third kappa shape index (κ3) is 2.37. The first-order valence-corrected chi connectivity index (χ1v) is 8.09. The van der Waals surface area contributed by atoms with Crippen molar-refractivity contribution in [1.82, 2.24) is 9.97 Å². The van der Waals surface area contributed by atoms with Crippen LogP contribution in [0, 0.1) is 6.07 Å². The van der Waals surface area contributed by atoms with Gasteiger partial charge in [0, 0.05) is 28.7 Å². The van der Waals surface area contributed by atoms with E-state index in [-0.39, 0.29) is 0 Å². The van der Waals surface area contributed by atoms with Gasteiger partial charge in [-0.05, 0) is 59.7 Å². The van der Waals surface area contributed by atoms with Crippen molar-refractivity contribution in [2.45, 2.75) is 0 Å². The predicted octanol–water partition coefficient (Wildman–Crippen LogP) is 5.51. The van der Waals surface area contributed by atoms with E-state index in [0.717, 1.165) is 38.6 Å². The molecule has 0 saturated carbocycles. The van der Waals surface area contributed by atoms with Crippen LogP contribution in [-0.2, 0) is 0 Å². The van der Waals surface area contributed by atoms with Crippen LogP contribution in [0.5, 0.6) is 0 Å². The molecular weight excluding hydrogens is 308 g/mol. The topological polar surface area (TPSA) is 38.9 Å². The molecule has 1 radical (unpaired) electrons. The molecule has 0 atom stereocenters. The Kier molecular flexibility index (Phi) is 3.10. The molecule has 0 unspecified atom stereocenters. The van der Waals surface area contributed by atoms with Crippen molar-refractivity contribution in [1.29, 1.82) is 0 Å². The van der Waals surface area contributed by atoms with Crippen molar-refractivity contribution >= 4 is 21.9 Å². The lowest BCUT2D eigenvalue weighted by Gasteiger charge is -2.01. The molecule has 3 heteroatoms. The molecule has 2 heterocycles. The van der Waals surface area contributed by atoms with Gasteiger partial charge in [-0.15, -0.1) is 0 Å². The minimum atomic E-state index is 0.715. The van der Waals surface area contributed by atoms with Gasteiger partial charge in [0.05, 0.1) is 0 Å². The summed E-state index contributed by atoms with van der Waals surface area (Å²) >= 11 is 0. The zero-order valence-corrected chi connectivity index (χ0v) is 13.3. The molecule has 0 fully saturated rings. The highest BCUT2D eigenvalue weighted by atomic mass is 16.3. The highest BCUT2D eigenvalue weighted by Crippen LogP contribution is 2.34. The number of furan rings is 1. The quantitative estimate of drug-likeness (QED) is 0.430. The first kappa shape index (κ1) is 13.9. The van der Waals surface area contributed by atoms with E-state index in [2.05, 4.69) is 40.3 Å². The summed E-state index contributed by atoms with van der Waals surface area (Å²) in [6.07, 6.45) is 3.51. The van der Waals surface area contributed by atoms with Crippen molar-refractivity contribution in [2.24, 2.45) is 0 Å². The number of fused-ring (bicyclic) bond motifs is 3. The summed E-state index contributed by atoms with van der Waals surface area (Å²) < 4.78 is 5.99. The maximum atomic E-state index is 5.99. The zero-order chi connectivity index (χ0) is 16.6. The molecule has 0 bridgehead atoms. The van der Waals surface area contributed by atoms with E-state index in [1.165, 1.54) is 0 Å². The van der Waals surface area contributed by atoms with Crippen LogP contribution in [0.25, 0.3) is 44.5 Å². The van der Waals surface area contributed by atoms with Gasteiger partial charge in [-0.1, -0.05) is 24.3 Å². The minimum Gasteiger partial charge on any atom is -0.456 e. The Bertz CT molecular complexity index is 1080. The van der Waals surface area contributed by atoms with Crippen LogP contribution in [0.2, 0.25) is 0 Å². The Balaban J connectivity index is 1.73. The molecule has 5 aromatic rings. The molecule has 117 valence electrons. The van der Waals surface area contributed by atoms with E-state index in [1.54, 1.807) is 12.4 Å². The first-order chi connectivity index (χ1) is 12.4. The van der Waals surface area contributed by atoms with E-state index in [1.807, 2.05) is 42.5 Å². The fourth-order valence-electron chi connectivity index (χ4n) is 3.12. The van der Waals surface area contributed by atoms with E-state index >= 15 is 0 Å². The smallest absolute Gasteiger partial charge is 0.159 e. The summed E-state index contributed by atoms with van der Waals surface area (Å²) in [7, 11) is 0. The van der Waals surface area contributed by atoms with Crippen LogP contribution in [0.15, 0.2) is 83.5 Å². The number of rotatable bonds is 2. The fraction of sp³-hybridized carbons (Fsp3) is 0. The average Bonchev–Trinajstić information content (AvgIpc) is 3.06. The van der Waals surface area contributed by atoms with Crippen molar-refractivity contribution < 1.29 is 4.42 Å². The third-order valence-corrected chi connectivity index (χ3v) is 4.33. The molecule has 0 N–H and O–H groups in total. The number of benzene rings is 3. The molecule has 0 saturated heterocycles. The van der Waals surface area contributed by atoms with Gasteiger partial charge in [-0.25, -0.2) is 9.97 Å². The first-order valence-electron chi connectivity index (χ1n) is 8.09. The van der Waals surface area contributed by atoms with Gasteiger partial charge in [0.15, 0.2) is 5.82 Å². The molecule has 5 rings (SSSR count). The van der Waals surface area contributed by atoms with Crippen LogP contribution in [0.3, 0.4) is 0 Å². The third-order valence-electron chi connectivity index (χ3n) is 4.33. The lowest BCUT2D eigenvalue weighted by molar-refractivity contribution is 0.669. The van der Waals surface area contributed by atoms with E-state index in [0.29, 0.717) is 5.82 Å². The van der Waals surface area contributed by atoms with Crippen LogP contribution in [0.4, 0.5) is 0 Å². The summed E-state index contributed by atoms with van der Waals surface area (Å²) in [6, 6.07) is 25.3. The van der Waals surface area contributed by atoms with E-state index < -0.39 is 0 Å². The second-order valence-electron chi connectivity index (χ2n) is 5.89. The zero-order valence-electron chi connectivity index (χ0n) is 13.3. The van der Waals surface area contributed by atoms with Gasteiger partial charge in [0.25, 0.3) is 0 Å². The van der Waals surface area contributed by atoms with Gasteiger partial charge < -0.3 is 4.42 Å². The fourth-order valence-corrected chi connectivity index (χ4v) is 3.12. The molecule has 3 nitrogen and oxygen atoms in total. The number of hydrogen-bond donors (Lipinski definition) is 0. The Morgan fingerprint density at radius 2 is 1.44 bits per heavy atom. The van der Waals surface area contributed by atoms with Crippen molar-refractivity contribution in [3.63, 3.8) is 0 Å². The Labute approximate surface area is 144 Å². The van der Waals surface area contributed by atoms with Crippen molar-refractivity contribution in [3.8, 4) is 22.5 Å². The number of nitrogens with zero attached hydrogens (tertiary/aromatic N) is 2. The molecule has 0 aliphatic rings. The lowest BCUT2D eigenvalue weighted by Crippen LogP contribution is -1.85. The Hall–Kier alpha value is -3.46. The van der Waals surface area contributed by atoms with E-state index in [9.17, 15) is 0 Å². The molecule has 2 aromatic heterocycles. The highest BCUT2D eigenvalue weighted by Gasteiger charge is 2.10.